The fourth-order valence-corrected chi connectivity index (χ4v) is 7.55. The fourth-order valence-electron chi connectivity index (χ4n) is 7.55. The lowest BCUT2D eigenvalue weighted by Gasteiger charge is -2.12. The summed E-state index contributed by atoms with van der Waals surface area (Å²) in [5.41, 5.74) is 11.7. The van der Waals surface area contributed by atoms with Crippen LogP contribution in [0.15, 0.2) is 84.9 Å². The summed E-state index contributed by atoms with van der Waals surface area (Å²) in [6.45, 7) is 0. The molecule has 4 aromatic carbocycles. The van der Waals surface area contributed by atoms with E-state index in [1.165, 1.54) is 22.3 Å². The minimum atomic E-state index is 0.608. The van der Waals surface area contributed by atoms with Gasteiger partial charge in [-0.25, -0.2) is 29.9 Å². The van der Waals surface area contributed by atoms with Crippen LogP contribution in [0.2, 0.25) is 0 Å². The number of fused-ring (bicyclic) bond motifs is 22. The monoisotopic (exact) mass is 618 g/mol. The van der Waals surface area contributed by atoms with Crippen molar-refractivity contribution in [3.63, 3.8) is 0 Å². The zero-order valence-corrected chi connectivity index (χ0v) is 25.7. The van der Waals surface area contributed by atoms with Gasteiger partial charge in [-0.3, -0.25) is 0 Å². The topological polar surface area (TPSA) is 109 Å². The van der Waals surface area contributed by atoms with Gasteiger partial charge in [0.15, 0.2) is 23.3 Å². The Hall–Kier alpha value is -6.28. The first-order valence-corrected chi connectivity index (χ1v) is 16.4. The summed E-state index contributed by atoms with van der Waals surface area (Å²) in [5.74, 6) is 2.48. The van der Waals surface area contributed by atoms with Crippen LogP contribution in [-0.2, 0) is 12.8 Å². The Bertz CT molecular complexity index is 2800. The number of nitrogens with one attached hydrogen (secondary N) is 2. The molecule has 48 heavy (non-hydrogen) atoms. The molecule has 0 spiro atoms. The van der Waals surface area contributed by atoms with Gasteiger partial charge in [0.05, 0.1) is 0 Å². The van der Waals surface area contributed by atoms with E-state index in [9.17, 15) is 0 Å². The second kappa shape index (κ2) is 9.62. The van der Waals surface area contributed by atoms with E-state index in [1.807, 2.05) is 24.3 Å². The van der Waals surface area contributed by atoms with Gasteiger partial charge in [0.25, 0.3) is 0 Å². The third-order valence-electron chi connectivity index (χ3n) is 9.92. The van der Waals surface area contributed by atoms with Crippen LogP contribution in [0.1, 0.15) is 35.1 Å². The van der Waals surface area contributed by atoms with Gasteiger partial charge in [-0.15, -0.1) is 0 Å². The Morgan fingerprint density at radius 3 is 1.48 bits per heavy atom. The van der Waals surface area contributed by atoms with E-state index in [0.717, 1.165) is 75.1 Å². The molecule has 0 radical (unpaired) electrons. The molecule has 0 fully saturated rings. The molecule has 0 atom stereocenters. The Kier molecular flexibility index (Phi) is 5.18. The van der Waals surface area contributed by atoms with Gasteiger partial charge < -0.3 is 9.97 Å². The summed E-state index contributed by atoms with van der Waals surface area (Å²) in [6, 6.07) is 25.3. The second-order valence-electron chi connectivity index (χ2n) is 12.8. The van der Waals surface area contributed by atoms with Crippen molar-refractivity contribution in [2.75, 3.05) is 0 Å². The summed E-state index contributed by atoms with van der Waals surface area (Å²) >= 11 is 0. The number of nitrogens with zero attached hydrogens (tertiary/aromatic N) is 6. The molecule has 11 rings (SSSR count). The quantitative estimate of drug-likeness (QED) is 0.176. The molecule has 226 valence electrons. The van der Waals surface area contributed by atoms with Crippen LogP contribution in [-0.4, -0.2) is 39.9 Å². The number of allylic oxidation sites excluding steroid dienone is 2. The number of rotatable bonds is 0. The molecule has 3 aromatic heterocycles. The van der Waals surface area contributed by atoms with E-state index < -0.39 is 0 Å². The lowest BCUT2D eigenvalue weighted by Crippen LogP contribution is -1.95. The number of hydrogen-bond donors (Lipinski definition) is 2. The van der Waals surface area contributed by atoms with Crippen molar-refractivity contribution < 1.29 is 0 Å². The van der Waals surface area contributed by atoms with Crippen LogP contribution in [0.4, 0.5) is 0 Å². The standard InChI is InChI=1S/C40H26N8/c1-3-11-23-19-31-29(17-21(23)9-1)37-44-35-27-15-7-5-13-25(27)33(42-35)41-34-26-14-6-8-16-28(26)36(43-34)45-38-30-18-22-10-2-4-12-24(22)20-32(30)40(47-38)48-39(31)46-37/h3-8,11-20H,1-2,9-10H2,(H2,41,42,43,44,45,46,47,48). The third-order valence-corrected chi connectivity index (χ3v) is 9.92. The second-order valence-corrected chi connectivity index (χ2v) is 12.8. The lowest BCUT2D eigenvalue weighted by molar-refractivity contribution is 0.986. The van der Waals surface area contributed by atoms with Crippen LogP contribution in [0, 0.1) is 0 Å². The highest BCUT2D eigenvalue weighted by Crippen LogP contribution is 2.40. The van der Waals surface area contributed by atoms with Crippen molar-refractivity contribution >= 4 is 56.3 Å². The van der Waals surface area contributed by atoms with Crippen LogP contribution >= 0.6 is 0 Å². The van der Waals surface area contributed by atoms with E-state index in [4.69, 9.17) is 29.9 Å². The van der Waals surface area contributed by atoms with Crippen LogP contribution in [0.25, 0.3) is 102 Å². The average molecular weight is 619 g/mol. The summed E-state index contributed by atoms with van der Waals surface area (Å²) in [7, 11) is 0. The molecule has 2 N–H and O–H groups in total. The highest BCUT2D eigenvalue weighted by Gasteiger charge is 2.24. The molecule has 8 bridgehead atoms. The van der Waals surface area contributed by atoms with Gasteiger partial charge in [-0.2, -0.15) is 0 Å². The van der Waals surface area contributed by atoms with Crippen LogP contribution in [0.5, 0.6) is 0 Å². The SMILES string of the molecule is C1=Cc2cc3c(cc2CC1)-c1nc-3nc2[nH]c(nc3nc(nc4[nH]c(n1)c1ccccc41)-c1ccccc1-3)c1cc3c(cc21)C=CCC3. The lowest BCUT2D eigenvalue weighted by atomic mass is 9.92. The fraction of sp³-hybridized carbons (Fsp3) is 0.100. The zero-order chi connectivity index (χ0) is 31.3. The van der Waals surface area contributed by atoms with Crippen molar-refractivity contribution in [3.05, 3.63) is 107 Å². The number of hydrogen-bond acceptors (Lipinski definition) is 6. The maximum absolute atomic E-state index is 5.26. The molecule has 0 amide bonds. The predicted molar refractivity (Wildman–Crippen MR) is 191 cm³/mol. The van der Waals surface area contributed by atoms with Crippen molar-refractivity contribution in [2.45, 2.75) is 25.7 Å². The van der Waals surface area contributed by atoms with Crippen LogP contribution in [0.3, 0.4) is 0 Å². The molecule has 0 unspecified atom stereocenters. The van der Waals surface area contributed by atoms with Crippen molar-refractivity contribution in [3.8, 4) is 45.6 Å². The molecule has 4 aliphatic rings. The summed E-state index contributed by atoms with van der Waals surface area (Å²) in [5, 5.41) is 3.94. The van der Waals surface area contributed by atoms with Crippen molar-refractivity contribution in [1.82, 2.24) is 39.9 Å². The average Bonchev–Trinajstić information content (AvgIpc) is 3.85. The zero-order valence-electron chi connectivity index (χ0n) is 25.7. The molecular weight excluding hydrogens is 592 g/mol. The first-order valence-electron chi connectivity index (χ1n) is 16.4. The first kappa shape index (κ1) is 25.9. The third kappa shape index (κ3) is 3.77. The highest BCUT2D eigenvalue weighted by atomic mass is 15.1. The molecule has 0 saturated carbocycles. The number of aryl methyl sites for hydroxylation is 2. The normalized spacial score (nSPS) is 14.2. The summed E-state index contributed by atoms with van der Waals surface area (Å²) in [4.78, 5) is 38.0. The first-order chi connectivity index (χ1) is 23.7. The number of aromatic amines is 2. The molecule has 7 aromatic rings. The largest absolute Gasteiger partial charge is 0.324 e. The van der Waals surface area contributed by atoms with Gasteiger partial charge in [0.1, 0.15) is 22.6 Å². The Morgan fingerprint density at radius 1 is 0.417 bits per heavy atom. The molecule has 2 aliphatic carbocycles. The van der Waals surface area contributed by atoms with Crippen molar-refractivity contribution in [1.29, 1.82) is 0 Å². The van der Waals surface area contributed by atoms with Crippen LogP contribution < -0.4 is 0 Å². The maximum atomic E-state index is 5.26. The van der Waals surface area contributed by atoms with Gasteiger partial charge in [0.2, 0.25) is 0 Å². The Morgan fingerprint density at radius 2 is 0.875 bits per heavy atom. The molecule has 0 saturated heterocycles. The van der Waals surface area contributed by atoms with Crippen molar-refractivity contribution in [2.24, 2.45) is 0 Å². The van der Waals surface area contributed by atoms with Gasteiger partial charge >= 0.3 is 0 Å². The molecule has 8 heteroatoms. The summed E-state index contributed by atoms with van der Waals surface area (Å²) < 4.78 is 0. The highest BCUT2D eigenvalue weighted by molar-refractivity contribution is 6.07. The number of H-pyrrole nitrogens is 2. The molecule has 5 heterocycles. The predicted octanol–water partition coefficient (Wildman–Crippen LogP) is 8.79. The smallest absolute Gasteiger partial charge is 0.164 e. The Balaban J connectivity index is 1.33. The van der Waals surface area contributed by atoms with E-state index in [1.54, 1.807) is 0 Å². The van der Waals surface area contributed by atoms with E-state index in [-0.39, 0.29) is 0 Å². The number of aromatic nitrogens is 8. The Labute approximate surface area is 274 Å². The van der Waals surface area contributed by atoms with Gasteiger partial charge in [0, 0.05) is 43.8 Å². The van der Waals surface area contributed by atoms with Gasteiger partial charge in [-0.05, 0) is 72.2 Å². The minimum Gasteiger partial charge on any atom is -0.324 e. The maximum Gasteiger partial charge on any atom is 0.164 e. The number of benzene rings is 4. The minimum absolute atomic E-state index is 0.608. The molecule has 8 nitrogen and oxygen atoms in total. The van der Waals surface area contributed by atoms with Gasteiger partial charge in [-0.1, -0.05) is 72.8 Å². The summed E-state index contributed by atoms with van der Waals surface area (Å²) in [6.07, 6.45) is 12.9. The van der Waals surface area contributed by atoms with E-state index >= 15 is 0 Å². The van der Waals surface area contributed by atoms with E-state index in [0.29, 0.717) is 40.2 Å². The van der Waals surface area contributed by atoms with E-state index in [2.05, 4.69) is 82.8 Å². The molecule has 2 aliphatic heterocycles. The molecular formula is C40H26N8.